The van der Waals surface area contributed by atoms with Gasteiger partial charge in [0.2, 0.25) is 0 Å². The molecule has 1 nitrogen and oxygen atoms in total. The quantitative estimate of drug-likeness (QED) is 0.734. The molecule has 1 unspecified atom stereocenters. The van der Waals surface area contributed by atoms with E-state index in [4.69, 9.17) is 0 Å². The van der Waals surface area contributed by atoms with E-state index in [2.05, 4.69) is 56.0 Å². The van der Waals surface area contributed by atoms with E-state index in [0.717, 1.165) is 11.8 Å². The molecule has 0 saturated heterocycles. The molecule has 1 aliphatic rings. The summed E-state index contributed by atoms with van der Waals surface area (Å²) in [5.41, 5.74) is 4.35. The number of aryl methyl sites for hydroxylation is 2. The van der Waals surface area contributed by atoms with Gasteiger partial charge in [0.15, 0.2) is 0 Å². The van der Waals surface area contributed by atoms with Crippen molar-refractivity contribution in [3.05, 3.63) is 34.9 Å². The number of hydrogen-bond donors (Lipinski definition) is 1. The lowest BCUT2D eigenvalue weighted by atomic mass is 9.99. The van der Waals surface area contributed by atoms with Gasteiger partial charge in [0, 0.05) is 17.0 Å². The van der Waals surface area contributed by atoms with E-state index in [0.29, 0.717) is 6.04 Å². The van der Waals surface area contributed by atoms with Crippen LogP contribution in [0.2, 0.25) is 0 Å². The Morgan fingerprint density at radius 1 is 1.24 bits per heavy atom. The van der Waals surface area contributed by atoms with E-state index >= 15 is 0 Å². The van der Waals surface area contributed by atoms with Crippen LogP contribution in [0.5, 0.6) is 0 Å². The molecule has 118 valence electrons. The Morgan fingerprint density at radius 3 is 2.71 bits per heavy atom. The van der Waals surface area contributed by atoms with Crippen LogP contribution in [0, 0.1) is 13.8 Å². The first kappa shape index (κ1) is 16.9. The first-order valence-corrected chi connectivity index (χ1v) is 9.65. The molecule has 0 spiro atoms. The summed E-state index contributed by atoms with van der Waals surface area (Å²) in [5.74, 6) is 1.26. The molecule has 1 aromatic carbocycles. The zero-order valence-corrected chi connectivity index (χ0v) is 14.8. The second kappa shape index (κ2) is 8.85. The third kappa shape index (κ3) is 5.67. The highest BCUT2D eigenvalue weighted by Gasteiger charge is 2.18. The molecule has 2 heteroatoms. The van der Waals surface area contributed by atoms with Crippen molar-refractivity contribution < 1.29 is 0 Å². The van der Waals surface area contributed by atoms with Crippen LogP contribution in [-0.4, -0.2) is 23.6 Å². The Balaban J connectivity index is 1.92. The van der Waals surface area contributed by atoms with Crippen LogP contribution < -0.4 is 5.32 Å². The molecule has 2 rings (SSSR count). The van der Waals surface area contributed by atoms with E-state index in [1.54, 1.807) is 0 Å². The zero-order valence-electron chi connectivity index (χ0n) is 14.0. The minimum atomic E-state index is 0.621. The third-order valence-electron chi connectivity index (χ3n) is 4.49. The van der Waals surface area contributed by atoms with Gasteiger partial charge in [0.05, 0.1) is 0 Å². The summed E-state index contributed by atoms with van der Waals surface area (Å²) in [6, 6.07) is 7.48. The van der Waals surface area contributed by atoms with E-state index in [-0.39, 0.29) is 0 Å². The van der Waals surface area contributed by atoms with Crippen molar-refractivity contribution in [2.24, 2.45) is 0 Å². The molecule has 21 heavy (non-hydrogen) atoms. The van der Waals surface area contributed by atoms with Crippen molar-refractivity contribution in [2.75, 3.05) is 12.3 Å². The summed E-state index contributed by atoms with van der Waals surface area (Å²) in [6.07, 6.45) is 8.16. The lowest BCUT2D eigenvalue weighted by Gasteiger charge is -2.21. The highest BCUT2D eigenvalue weighted by atomic mass is 32.2. The molecule has 0 aromatic heterocycles. The molecular formula is C19H31NS. The number of benzene rings is 1. The van der Waals surface area contributed by atoms with Gasteiger partial charge in [-0.05, 0) is 57.2 Å². The normalized spacial score (nSPS) is 17.3. The lowest BCUT2D eigenvalue weighted by molar-refractivity contribution is 0.548. The molecule has 0 bridgehead atoms. The first-order chi connectivity index (χ1) is 10.2. The fourth-order valence-electron chi connectivity index (χ4n) is 3.13. The zero-order chi connectivity index (χ0) is 15.1. The fraction of sp³-hybridized carbons (Fsp3) is 0.684. The van der Waals surface area contributed by atoms with Crippen LogP contribution in [0.4, 0.5) is 0 Å². The van der Waals surface area contributed by atoms with Crippen LogP contribution in [-0.2, 0) is 6.42 Å². The molecule has 1 aromatic rings. The molecule has 0 amide bonds. The van der Waals surface area contributed by atoms with Crippen molar-refractivity contribution in [2.45, 2.75) is 70.6 Å². The van der Waals surface area contributed by atoms with E-state index in [9.17, 15) is 0 Å². The van der Waals surface area contributed by atoms with Crippen molar-refractivity contribution >= 4 is 11.8 Å². The minimum absolute atomic E-state index is 0.621. The maximum absolute atomic E-state index is 3.77. The van der Waals surface area contributed by atoms with Crippen LogP contribution >= 0.6 is 11.8 Å². The molecule has 1 aliphatic carbocycles. The average Bonchev–Trinajstić information content (AvgIpc) is 2.99. The van der Waals surface area contributed by atoms with Gasteiger partial charge in [-0.1, -0.05) is 43.5 Å². The van der Waals surface area contributed by atoms with Gasteiger partial charge in [-0.25, -0.2) is 0 Å². The summed E-state index contributed by atoms with van der Waals surface area (Å²) in [7, 11) is 0. The average molecular weight is 306 g/mol. The Bertz CT molecular complexity index is 424. The Labute approximate surface area is 135 Å². The lowest BCUT2D eigenvalue weighted by Crippen LogP contribution is -2.34. The molecule has 1 fully saturated rings. The van der Waals surface area contributed by atoms with Crippen molar-refractivity contribution in [3.8, 4) is 0 Å². The van der Waals surface area contributed by atoms with Crippen LogP contribution in [0.1, 0.15) is 55.7 Å². The van der Waals surface area contributed by atoms with Gasteiger partial charge in [-0.15, -0.1) is 0 Å². The van der Waals surface area contributed by atoms with Crippen LogP contribution in [0.15, 0.2) is 18.2 Å². The summed E-state index contributed by atoms with van der Waals surface area (Å²) in [5, 5.41) is 4.69. The fourth-order valence-corrected chi connectivity index (χ4v) is 4.54. The Morgan fingerprint density at radius 2 is 2.00 bits per heavy atom. The largest absolute Gasteiger partial charge is 0.313 e. The van der Waals surface area contributed by atoms with E-state index in [1.165, 1.54) is 61.0 Å². The summed E-state index contributed by atoms with van der Waals surface area (Å²) >= 11 is 2.21. The number of hydrogen-bond acceptors (Lipinski definition) is 2. The van der Waals surface area contributed by atoms with Crippen molar-refractivity contribution in [1.82, 2.24) is 5.32 Å². The molecular weight excluding hydrogens is 274 g/mol. The van der Waals surface area contributed by atoms with Gasteiger partial charge >= 0.3 is 0 Å². The van der Waals surface area contributed by atoms with Crippen LogP contribution in [0.3, 0.4) is 0 Å². The first-order valence-electron chi connectivity index (χ1n) is 8.60. The predicted molar refractivity (Wildman–Crippen MR) is 96.4 cm³/mol. The molecule has 1 saturated carbocycles. The second-order valence-electron chi connectivity index (χ2n) is 6.52. The predicted octanol–water partition coefficient (Wildman–Crippen LogP) is 4.89. The summed E-state index contributed by atoms with van der Waals surface area (Å²) < 4.78 is 0. The number of nitrogens with one attached hydrogen (secondary N) is 1. The monoisotopic (exact) mass is 305 g/mol. The van der Waals surface area contributed by atoms with E-state index in [1.807, 2.05) is 0 Å². The second-order valence-corrected chi connectivity index (χ2v) is 7.86. The standard InChI is InChI=1S/C19H31NS/c1-4-11-20-18(14-21-19-7-5-6-8-19)13-17-12-15(2)9-10-16(17)3/h9-10,12,18-20H,4-8,11,13-14H2,1-3H3. The SMILES string of the molecule is CCCNC(CSC1CCCC1)Cc1cc(C)ccc1C. The molecule has 0 heterocycles. The van der Waals surface area contributed by atoms with Gasteiger partial charge in [0.25, 0.3) is 0 Å². The molecule has 1 atom stereocenters. The maximum Gasteiger partial charge on any atom is 0.0198 e. The van der Waals surface area contributed by atoms with Crippen molar-refractivity contribution in [3.63, 3.8) is 0 Å². The molecule has 1 N–H and O–H groups in total. The number of rotatable bonds is 8. The summed E-state index contributed by atoms with van der Waals surface area (Å²) in [6.45, 7) is 7.84. The number of thioether (sulfide) groups is 1. The minimum Gasteiger partial charge on any atom is -0.313 e. The van der Waals surface area contributed by atoms with Crippen LogP contribution in [0.25, 0.3) is 0 Å². The van der Waals surface area contributed by atoms with E-state index < -0.39 is 0 Å². The third-order valence-corrected chi connectivity index (χ3v) is 6.03. The maximum atomic E-state index is 3.77. The Hall–Kier alpha value is -0.470. The molecule has 0 aliphatic heterocycles. The summed E-state index contributed by atoms with van der Waals surface area (Å²) in [4.78, 5) is 0. The highest BCUT2D eigenvalue weighted by Crippen LogP contribution is 2.30. The van der Waals surface area contributed by atoms with Gasteiger partial charge < -0.3 is 5.32 Å². The van der Waals surface area contributed by atoms with Gasteiger partial charge in [-0.2, -0.15) is 11.8 Å². The highest BCUT2D eigenvalue weighted by molar-refractivity contribution is 7.99. The van der Waals surface area contributed by atoms with Crippen molar-refractivity contribution in [1.29, 1.82) is 0 Å². The van der Waals surface area contributed by atoms with Gasteiger partial charge in [-0.3, -0.25) is 0 Å². The van der Waals surface area contributed by atoms with Gasteiger partial charge in [0.1, 0.15) is 0 Å². The molecule has 0 radical (unpaired) electrons. The Kier molecular flexibility index (Phi) is 7.12. The topological polar surface area (TPSA) is 12.0 Å². The smallest absolute Gasteiger partial charge is 0.0198 e.